The Morgan fingerprint density at radius 3 is 2.47 bits per heavy atom. The second kappa shape index (κ2) is 8.23. The van der Waals surface area contributed by atoms with Crippen molar-refractivity contribution in [1.29, 1.82) is 0 Å². The van der Waals surface area contributed by atoms with Gasteiger partial charge in [0, 0.05) is 49.7 Å². The fourth-order valence-corrected chi connectivity index (χ4v) is 3.48. The van der Waals surface area contributed by atoms with Crippen molar-refractivity contribution in [2.24, 2.45) is 0 Å². The molecule has 156 valence electrons. The second-order valence-corrected chi connectivity index (χ2v) is 7.86. The lowest BCUT2D eigenvalue weighted by Gasteiger charge is -2.32. The second-order valence-electron chi connectivity index (χ2n) is 7.86. The van der Waals surface area contributed by atoms with Crippen molar-refractivity contribution in [2.75, 3.05) is 43.4 Å². The SMILES string of the molecule is Cc1ccc(Nc2nc(-c3cnc(N4CCN(C)CC4)nc3C)cc(=O)[nH]2)cc1C. The highest BCUT2D eigenvalue weighted by Gasteiger charge is 2.18. The standard InChI is InChI=1S/C22H27N7O/c1-14-5-6-17(11-15(14)2)25-21-26-19(12-20(30)27-21)18-13-23-22(24-16(18)3)29-9-7-28(4)8-10-29/h5-6,11-13H,7-10H2,1-4H3,(H2,25,26,27,30). The number of aromatic nitrogens is 4. The highest BCUT2D eigenvalue weighted by molar-refractivity contribution is 5.64. The van der Waals surface area contributed by atoms with E-state index in [0.29, 0.717) is 11.6 Å². The van der Waals surface area contributed by atoms with E-state index in [0.717, 1.165) is 49.1 Å². The number of benzene rings is 1. The van der Waals surface area contributed by atoms with E-state index in [9.17, 15) is 4.79 Å². The van der Waals surface area contributed by atoms with E-state index in [2.05, 4.69) is 55.9 Å². The number of hydrogen-bond donors (Lipinski definition) is 2. The molecule has 2 aromatic heterocycles. The van der Waals surface area contributed by atoms with Gasteiger partial charge in [0.15, 0.2) is 0 Å². The van der Waals surface area contributed by atoms with Crippen molar-refractivity contribution in [1.82, 2.24) is 24.8 Å². The molecule has 0 unspecified atom stereocenters. The van der Waals surface area contributed by atoms with Crippen LogP contribution in [-0.4, -0.2) is 58.1 Å². The molecule has 3 heterocycles. The third kappa shape index (κ3) is 4.33. The molecule has 4 rings (SSSR count). The minimum atomic E-state index is -0.228. The zero-order valence-electron chi connectivity index (χ0n) is 17.9. The van der Waals surface area contributed by atoms with E-state index in [1.54, 1.807) is 6.20 Å². The predicted molar refractivity (Wildman–Crippen MR) is 120 cm³/mol. The number of hydrogen-bond acceptors (Lipinski definition) is 7. The number of rotatable bonds is 4. The lowest BCUT2D eigenvalue weighted by molar-refractivity contribution is 0.311. The Bertz CT molecular complexity index is 1120. The van der Waals surface area contributed by atoms with Gasteiger partial charge < -0.3 is 15.1 Å². The molecule has 0 aliphatic carbocycles. The monoisotopic (exact) mass is 405 g/mol. The van der Waals surface area contributed by atoms with Gasteiger partial charge in [-0.25, -0.2) is 15.0 Å². The van der Waals surface area contributed by atoms with Gasteiger partial charge in [0.2, 0.25) is 11.9 Å². The smallest absolute Gasteiger partial charge is 0.252 e. The lowest BCUT2D eigenvalue weighted by Crippen LogP contribution is -2.45. The summed E-state index contributed by atoms with van der Waals surface area (Å²) in [5, 5.41) is 3.19. The van der Waals surface area contributed by atoms with Gasteiger partial charge in [0.1, 0.15) is 0 Å². The van der Waals surface area contributed by atoms with Crippen LogP contribution in [0, 0.1) is 20.8 Å². The molecule has 0 saturated carbocycles. The Kier molecular flexibility index (Phi) is 5.50. The molecule has 1 aliphatic heterocycles. The summed E-state index contributed by atoms with van der Waals surface area (Å²) >= 11 is 0. The molecule has 8 nitrogen and oxygen atoms in total. The van der Waals surface area contributed by atoms with Gasteiger partial charge in [0.25, 0.3) is 5.56 Å². The molecule has 0 amide bonds. The minimum Gasteiger partial charge on any atom is -0.338 e. The minimum absolute atomic E-state index is 0.228. The van der Waals surface area contributed by atoms with Crippen LogP contribution in [0.1, 0.15) is 16.8 Å². The molecule has 8 heteroatoms. The summed E-state index contributed by atoms with van der Waals surface area (Å²) in [4.78, 5) is 33.3. The fraction of sp³-hybridized carbons (Fsp3) is 0.364. The maximum Gasteiger partial charge on any atom is 0.252 e. The molecule has 1 fully saturated rings. The molecule has 30 heavy (non-hydrogen) atoms. The van der Waals surface area contributed by atoms with Crippen LogP contribution in [0.25, 0.3) is 11.3 Å². The molecule has 0 bridgehead atoms. The number of nitrogens with one attached hydrogen (secondary N) is 2. The quantitative estimate of drug-likeness (QED) is 0.690. The van der Waals surface area contributed by atoms with Crippen LogP contribution in [0.4, 0.5) is 17.6 Å². The van der Waals surface area contributed by atoms with Crippen molar-refractivity contribution in [2.45, 2.75) is 20.8 Å². The van der Waals surface area contributed by atoms with Crippen LogP contribution >= 0.6 is 0 Å². The Hall–Kier alpha value is -3.26. The van der Waals surface area contributed by atoms with E-state index in [1.165, 1.54) is 17.2 Å². The maximum absolute atomic E-state index is 12.3. The molecule has 3 aromatic rings. The zero-order chi connectivity index (χ0) is 21.3. The van der Waals surface area contributed by atoms with Crippen LogP contribution in [0.3, 0.4) is 0 Å². The van der Waals surface area contributed by atoms with Crippen molar-refractivity contribution in [3.8, 4) is 11.3 Å². The first-order chi connectivity index (χ1) is 14.4. The normalized spacial score (nSPS) is 14.7. The van der Waals surface area contributed by atoms with E-state index >= 15 is 0 Å². The molecule has 1 saturated heterocycles. The first-order valence-electron chi connectivity index (χ1n) is 10.1. The number of aromatic amines is 1. The number of aryl methyl sites for hydroxylation is 3. The topological polar surface area (TPSA) is 90.0 Å². The Morgan fingerprint density at radius 2 is 1.77 bits per heavy atom. The van der Waals surface area contributed by atoms with Crippen LogP contribution < -0.4 is 15.8 Å². The summed E-state index contributed by atoms with van der Waals surface area (Å²) < 4.78 is 0. The Morgan fingerprint density at radius 1 is 1.00 bits per heavy atom. The molecule has 0 atom stereocenters. The van der Waals surface area contributed by atoms with Gasteiger partial charge in [-0.3, -0.25) is 9.78 Å². The van der Waals surface area contributed by atoms with Crippen LogP contribution in [0.2, 0.25) is 0 Å². The highest BCUT2D eigenvalue weighted by atomic mass is 16.1. The number of likely N-dealkylation sites (N-methyl/N-ethyl adjacent to an activating group) is 1. The first kappa shape index (κ1) is 20.0. The molecule has 2 N–H and O–H groups in total. The highest BCUT2D eigenvalue weighted by Crippen LogP contribution is 2.23. The van der Waals surface area contributed by atoms with Crippen LogP contribution in [-0.2, 0) is 0 Å². The van der Waals surface area contributed by atoms with Gasteiger partial charge in [-0.1, -0.05) is 6.07 Å². The molecule has 1 aliphatic rings. The van der Waals surface area contributed by atoms with E-state index < -0.39 is 0 Å². The predicted octanol–water partition coefficient (Wildman–Crippen LogP) is 2.65. The average Bonchev–Trinajstić information content (AvgIpc) is 2.71. The van der Waals surface area contributed by atoms with Crippen LogP contribution in [0.15, 0.2) is 35.3 Å². The lowest BCUT2D eigenvalue weighted by atomic mass is 10.1. The third-order valence-electron chi connectivity index (χ3n) is 5.54. The van der Waals surface area contributed by atoms with E-state index in [4.69, 9.17) is 0 Å². The van der Waals surface area contributed by atoms with Gasteiger partial charge in [-0.15, -0.1) is 0 Å². The summed E-state index contributed by atoms with van der Waals surface area (Å²) in [6, 6.07) is 7.51. The van der Waals surface area contributed by atoms with Gasteiger partial charge in [-0.2, -0.15) is 0 Å². The maximum atomic E-state index is 12.3. The molecular weight excluding hydrogens is 378 g/mol. The van der Waals surface area contributed by atoms with E-state index in [-0.39, 0.29) is 5.56 Å². The third-order valence-corrected chi connectivity index (χ3v) is 5.54. The van der Waals surface area contributed by atoms with Crippen LogP contribution in [0.5, 0.6) is 0 Å². The van der Waals surface area contributed by atoms with Crippen molar-refractivity contribution in [3.63, 3.8) is 0 Å². The van der Waals surface area contributed by atoms with E-state index in [1.807, 2.05) is 25.1 Å². The Labute approximate surface area is 176 Å². The number of piperazine rings is 1. The number of nitrogens with zero attached hydrogens (tertiary/aromatic N) is 5. The summed E-state index contributed by atoms with van der Waals surface area (Å²) in [6.45, 7) is 9.84. The van der Waals surface area contributed by atoms with Crippen molar-refractivity contribution >= 4 is 17.6 Å². The summed E-state index contributed by atoms with van der Waals surface area (Å²) in [5.41, 5.74) is 5.13. The average molecular weight is 406 g/mol. The summed E-state index contributed by atoms with van der Waals surface area (Å²) in [5.74, 6) is 1.12. The zero-order valence-corrected chi connectivity index (χ0v) is 17.9. The molecule has 0 radical (unpaired) electrons. The number of H-pyrrole nitrogens is 1. The van der Waals surface area contributed by atoms with Gasteiger partial charge in [0.05, 0.1) is 11.4 Å². The fourth-order valence-electron chi connectivity index (χ4n) is 3.48. The van der Waals surface area contributed by atoms with Gasteiger partial charge in [-0.05, 0) is 51.1 Å². The largest absolute Gasteiger partial charge is 0.338 e. The number of anilines is 3. The summed E-state index contributed by atoms with van der Waals surface area (Å²) in [7, 11) is 2.12. The summed E-state index contributed by atoms with van der Waals surface area (Å²) in [6.07, 6.45) is 1.76. The molecule has 0 spiro atoms. The molecule has 1 aromatic carbocycles. The van der Waals surface area contributed by atoms with Gasteiger partial charge >= 0.3 is 0 Å². The van der Waals surface area contributed by atoms with Crippen molar-refractivity contribution in [3.05, 3.63) is 57.6 Å². The Balaban J connectivity index is 1.60. The first-order valence-corrected chi connectivity index (χ1v) is 10.1. The van der Waals surface area contributed by atoms with Crippen molar-refractivity contribution < 1.29 is 0 Å². The molecular formula is C22H27N7O.